The molecule has 5 nitrogen and oxygen atoms in total. The summed E-state index contributed by atoms with van der Waals surface area (Å²) in [7, 11) is 1.63. The monoisotopic (exact) mass is 388 g/mol. The van der Waals surface area contributed by atoms with Crippen LogP contribution in [0.5, 0.6) is 11.5 Å². The summed E-state index contributed by atoms with van der Waals surface area (Å²) in [5, 5.41) is 5.19. The number of nitrogens with zero attached hydrogens (tertiary/aromatic N) is 1. The van der Waals surface area contributed by atoms with Gasteiger partial charge in [0.2, 0.25) is 0 Å². The minimum Gasteiger partial charge on any atom is -0.493 e. The Morgan fingerprint density at radius 1 is 1.26 bits per heavy atom. The molecule has 1 atom stereocenters. The van der Waals surface area contributed by atoms with Crippen molar-refractivity contribution in [2.45, 2.75) is 58.3 Å². The first-order valence-corrected chi connectivity index (χ1v) is 10.3. The van der Waals surface area contributed by atoms with E-state index in [0.717, 1.165) is 18.4 Å². The predicted octanol–water partition coefficient (Wildman–Crippen LogP) is 4.98. The van der Waals surface area contributed by atoms with Crippen LogP contribution in [0.1, 0.15) is 50.1 Å². The van der Waals surface area contributed by atoms with Crippen LogP contribution >= 0.6 is 11.3 Å². The lowest BCUT2D eigenvalue weighted by molar-refractivity contribution is 0.189. The first-order chi connectivity index (χ1) is 13.0. The number of hydrogen-bond donors (Lipinski definition) is 1. The lowest BCUT2D eigenvalue weighted by Gasteiger charge is -2.25. The Morgan fingerprint density at radius 3 is 2.63 bits per heavy atom. The summed E-state index contributed by atoms with van der Waals surface area (Å²) in [6.07, 6.45) is 2.25. The van der Waals surface area contributed by atoms with Crippen LogP contribution in [-0.4, -0.2) is 30.2 Å². The smallest absolute Gasteiger partial charge is 0.318 e. The Hall–Kier alpha value is -2.21. The topological polar surface area (TPSA) is 50.8 Å². The summed E-state index contributed by atoms with van der Waals surface area (Å²) in [6, 6.07) is 10.1. The fraction of sp³-hybridized carbons (Fsp3) is 0.476. The molecule has 1 heterocycles. The average molecular weight is 389 g/mol. The molecule has 27 heavy (non-hydrogen) atoms. The van der Waals surface area contributed by atoms with Gasteiger partial charge in [-0.3, -0.25) is 0 Å². The summed E-state index contributed by atoms with van der Waals surface area (Å²) in [5.74, 6) is 1.40. The number of benzene rings is 1. The van der Waals surface area contributed by atoms with Crippen molar-refractivity contribution in [1.29, 1.82) is 0 Å². The summed E-state index contributed by atoms with van der Waals surface area (Å²) < 4.78 is 11.2. The number of nitrogens with one attached hydrogen (secondary N) is 1. The van der Waals surface area contributed by atoms with Gasteiger partial charge >= 0.3 is 6.03 Å². The van der Waals surface area contributed by atoms with Crippen LogP contribution in [0, 0.1) is 0 Å². The second-order valence-corrected chi connectivity index (χ2v) is 8.22. The van der Waals surface area contributed by atoms with E-state index in [4.69, 9.17) is 9.47 Å². The van der Waals surface area contributed by atoms with E-state index in [2.05, 4.69) is 11.4 Å². The van der Waals surface area contributed by atoms with E-state index >= 15 is 0 Å². The maximum absolute atomic E-state index is 12.9. The molecule has 1 N–H and O–H groups in total. The van der Waals surface area contributed by atoms with Crippen molar-refractivity contribution in [3.8, 4) is 11.5 Å². The van der Waals surface area contributed by atoms with E-state index in [1.54, 1.807) is 18.4 Å². The lowest BCUT2D eigenvalue weighted by Crippen LogP contribution is -2.41. The third-order valence-corrected chi connectivity index (χ3v) is 5.41. The van der Waals surface area contributed by atoms with Gasteiger partial charge in [-0.25, -0.2) is 4.79 Å². The quantitative estimate of drug-likeness (QED) is 0.694. The minimum atomic E-state index is -0.121. The van der Waals surface area contributed by atoms with Crippen molar-refractivity contribution in [2.75, 3.05) is 7.11 Å². The molecule has 0 saturated heterocycles. The highest BCUT2D eigenvalue weighted by Gasteiger charge is 2.33. The van der Waals surface area contributed by atoms with Gasteiger partial charge in [0, 0.05) is 10.9 Å². The van der Waals surface area contributed by atoms with Gasteiger partial charge in [0.05, 0.1) is 25.8 Å². The van der Waals surface area contributed by atoms with Gasteiger partial charge in [0.1, 0.15) is 0 Å². The summed E-state index contributed by atoms with van der Waals surface area (Å²) in [6.45, 7) is 6.63. The molecule has 0 spiro atoms. The number of thiophene rings is 1. The highest BCUT2D eigenvalue weighted by molar-refractivity contribution is 7.09. The van der Waals surface area contributed by atoms with Crippen LogP contribution in [0.2, 0.25) is 0 Å². The molecule has 1 aliphatic rings. The first kappa shape index (κ1) is 19.5. The average Bonchev–Trinajstić information content (AvgIpc) is 3.34. The van der Waals surface area contributed by atoms with Crippen LogP contribution in [0.15, 0.2) is 35.7 Å². The predicted molar refractivity (Wildman–Crippen MR) is 109 cm³/mol. The van der Waals surface area contributed by atoms with Crippen LogP contribution in [0.3, 0.4) is 0 Å². The molecule has 6 heteroatoms. The number of carbonyl (C=O) groups excluding carboxylic acids is 1. The van der Waals surface area contributed by atoms with Crippen LogP contribution < -0.4 is 14.8 Å². The van der Waals surface area contributed by atoms with Gasteiger partial charge in [0.25, 0.3) is 0 Å². The molecule has 2 aromatic rings. The molecule has 0 bridgehead atoms. The van der Waals surface area contributed by atoms with Crippen LogP contribution in [-0.2, 0) is 6.54 Å². The Kier molecular flexibility index (Phi) is 6.26. The fourth-order valence-electron chi connectivity index (χ4n) is 2.98. The second kappa shape index (κ2) is 8.65. The molecule has 0 radical (unpaired) electrons. The Balaban J connectivity index is 1.68. The summed E-state index contributed by atoms with van der Waals surface area (Å²) >= 11 is 1.69. The molecule has 0 aliphatic heterocycles. The molecular formula is C21H28N2O3S. The molecule has 1 aromatic heterocycles. The Bertz CT molecular complexity index is 757. The zero-order valence-corrected chi connectivity index (χ0v) is 17.2. The van der Waals surface area contributed by atoms with Crippen molar-refractivity contribution >= 4 is 17.4 Å². The fourth-order valence-corrected chi connectivity index (χ4v) is 3.68. The van der Waals surface area contributed by atoms with E-state index in [9.17, 15) is 4.79 Å². The standard InChI is InChI=1S/C21H28N2O3S/c1-14(2)26-19-10-7-16(12-20(19)25-4)15(3)22-21(24)23(17-8-9-17)13-18-6-5-11-27-18/h5-7,10-12,14-15,17H,8-9,13H2,1-4H3,(H,22,24). The highest BCUT2D eigenvalue weighted by Crippen LogP contribution is 2.32. The molecule has 1 unspecified atom stereocenters. The van der Waals surface area contributed by atoms with Crippen molar-refractivity contribution in [1.82, 2.24) is 10.2 Å². The number of amides is 2. The molecule has 1 aliphatic carbocycles. The lowest BCUT2D eigenvalue weighted by atomic mass is 10.1. The van der Waals surface area contributed by atoms with E-state index in [0.29, 0.717) is 24.1 Å². The van der Waals surface area contributed by atoms with E-state index in [1.807, 2.05) is 55.3 Å². The largest absolute Gasteiger partial charge is 0.493 e. The minimum absolute atomic E-state index is 0.0140. The summed E-state index contributed by atoms with van der Waals surface area (Å²) in [4.78, 5) is 16.0. The summed E-state index contributed by atoms with van der Waals surface area (Å²) in [5.41, 5.74) is 0.989. The molecular weight excluding hydrogens is 360 g/mol. The molecule has 1 saturated carbocycles. The van der Waals surface area contributed by atoms with E-state index < -0.39 is 0 Å². The van der Waals surface area contributed by atoms with Gasteiger partial charge in [-0.1, -0.05) is 12.1 Å². The van der Waals surface area contributed by atoms with Crippen molar-refractivity contribution in [3.05, 3.63) is 46.2 Å². The Labute approximate surface area is 165 Å². The number of urea groups is 1. The van der Waals surface area contributed by atoms with E-state index in [-0.39, 0.29) is 18.2 Å². The van der Waals surface area contributed by atoms with Gasteiger partial charge < -0.3 is 19.7 Å². The maximum Gasteiger partial charge on any atom is 0.318 e. The number of rotatable bonds is 8. The van der Waals surface area contributed by atoms with Crippen molar-refractivity contribution < 1.29 is 14.3 Å². The zero-order valence-electron chi connectivity index (χ0n) is 16.4. The Morgan fingerprint density at radius 2 is 2.04 bits per heavy atom. The van der Waals surface area contributed by atoms with Gasteiger partial charge in [0.15, 0.2) is 11.5 Å². The number of ether oxygens (including phenoxy) is 2. The first-order valence-electron chi connectivity index (χ1n) is 9.42. The maximum atomic E-state index is 12.9. The SMILES string of the molecule is COc1cc(C(C)NC(=O)N(Cc2cccs2)C2CC2)ccc1OC(C)C. The van der Waals surface area contributed by atoms with Crippen molar-refractivity contribution in [3.63, 3.8) is 0 Å². The molecule has 1 aromatic carbocycles. The van der Waals surface area contributed by atoms with E-state index in [1.165, 1.54) is 4.88 Å². The van der Waals surface area contributed by atoms with Gasteiger partial charge in [-0.2, -0.15) is 0 Å². The number of methoxy groups -OCH3 is 1. The van der Waals surface area contributed by atoms with Gasteiger partial charge in [-0.15, -0.1) is 11.3 Å². The molecule has 3 rings (SSSR count). The number of hydrogen-bond acceptors (Lipinski definition) is 4. The van der Waals surface area contributed by atoms with Crippen molar-refractivity contribution in [2.24, 2.45) is 0 Å². The third kappa shape index (κ3) is 5.16. The number of carbonyl (C=O) groups is 1. The molecule has 2 amide bonds. The second-order valence-electron chi connectivity index (χ2n) is 7.19. The van der Waals surface area contributed by atoms with Gasteiger partial charge in [-0.05, 0) is 62.8 Å². The normalized spacial score (nSPS) is 14.7. The zero-order chi connectivity index (χ0) is 19.4. The third-order valence-electron chi connectivity index (χ3n) is 4.55. The highest BCUT2D eigenvalue weighted by atomic mass is 32.1. The molecule has 146 valence electrons. The van der Waals surface area contributed by atoms with Crippen LogP contribution in [0.4, 0.5) is 4.79 Å². The molecule has 1 fully saturated rings. The van der Waals surface area contributed by atoms with Crippen LogP contribution in [0.25, 0.3) is 0 Å².